The van der Waals surface area contributed by atoms with Crippen LogP contribution >= 0.6 is 0 Å². The zero-order valence-corrected chi connectivity index (χ0v) is 8.81. The van der Waals surface area contributed by atoms with Gasteiger partial charge in [0.2, 0.25) is 0 Å². The van der Waals surface area contributed by atoms with Crippen molar-refractivity contribution >= 4 is 5.97 Å². The van der Waals surface area contributed by atoms with Crippen molar-refractivity contribution < 1.29 is 34.7 Å². The Bertz CT molecular complexity index is 244. The lowest BCUT2D eigenvalue weighted by Crippen LogP contribution is -2.58. The Kier molecular flexibility index (Phi) is 4.63. The molecule has 0 aromatic heterocycles. The van der Waals surface area contributed by atoms with Crippen LogP contribution in [-0.4, -0.2) is 63.7 Å². The average molecular weight is 236 g/mol. The molecule has 0 aromatic carbocycles. The first-order valence-corrected chi connectivity index (χ1v) is 4.95. The monoisotopic (exact) mass is 236 g/mol. The van der Waals surface area contributed by atoms with Crippen molar-refractivity contribution in [1.82, 2.24) is 0 Å². The number of carbonyl (C=O) groups excluding carboxylic acids is 1. The maximum absolute atomic E-state index is 10.7. The summed E-state index contributed by atoms with van der Waals surface area (Å²) in [6.45, 7) is 0.866. The van der Waals surface area contributed by atoms with E-state index in [0.29, 0.717) is 0 Å². The molecule has 7 nitrogen and oxygen atoms in total. The van der Waals surface area contributed by atoms with E-state index in [0.717, 1.165) is 6.92 Å². The molecule has 1 aliphatic rings. The van der Waals surface area contributed by atoms with Crippen LogP contribution in [0.3, 0.4) is 0 Å². The van der Waals surface area contributed by atoms with Crippen molar-refractivity contribution in [2.75, 3.05) is 6.61 Å². The van der Waals surface area contributed by atoms with Crippen LogP contribution in [0.4, 0.5) is 0 Å². The molecule has 94 valence electrons. The van der Waals surface area contributed by atoms with Gasteiger partial charge in [-0.2, -0.15) is 0 Å². The first-order valence-electron chi connectivity index (χ1n) is 4.95. The van der Waals surface area contributed by atoms with Gasteiger partial charge in [-0.25, -0.2) is 0 Å². The Hall–Kier alpha value is -0.730. The lowest BCUT2D eigenvalue weighted by molar-refractivity contribution is -0.287. The Morgan fingerprint density at radius 3 is 2.44 bits per heavy atom. The second kappa shape index (κ2) is 5.55. The zero-order valence-electron chi connectivity index (χ0n) is 8.81. The highest BCUT2D eigenvalue weighted by Gasteiger charge is 2.45. The number of hydrogen-bond acceptors (Lipinski definition) is 7. The summed E-state index contributed by atoms with van der Waals surface area (Å²) < 4.78 is 9.56. The molecule has 0 spiro atoms. The maximum atomic E-state index is 10.7. The summed E-state index contributed by atoms with van der Waals surface area (Å²) in [5.74, 6) is -0.695. The van der Waals surface area contributed by atoms with E-state index in [2.05, 4.69) is 4.74 Å². The van der Waals surface area contributed by atoms with E-state index in [4.69, 9.17) is 9.84 Å². The van der Waals surface area contributed by atoms with Crippen LogP contribution in [0, 0.1) is 0 Å². The van der Waals surface area contributed by atoms with Gasteiger partial charge in [0, 0.05) is 13.5 Å². The molecule has 16 heavy (non-hydrogen) atoms. The lowest BCUT2D eigenvalue weighted by atomic mass is 9.97. The molecule has 1 heterocycles. The molecule has 0 radical (unpaired) electrons. The molecule has 4 N–H and O–H groups in total. The Balaban J connectivity index is 2.67. The van der Waals surface area contributed by atoms with Gasteiger partial charge < -0.3 is 29.9 Å². The van der Waals surface area contributed by atoms with Crippen LogP contribution in [0.25, 0.3) is 0 Å². The molecule has 1 fully saturated rings. The van der Waals surface area contributed by atoms with E-state index < -0.39 is 36.7 Å². The van der Waals surface area contributed by atoms with Crippen LogP contribution < -0.4 is 0 Å². The largest absolute Gasteiger partial charge is 0.454 e. The van der Waals surface area contributed by atoms with Crippen molar-refractivity contribution in [3.8, 4) is 0 Å². The minimum absolute atomic E-state index is 0.0715. The second-order valence-electron chi connectivity index (χ2n) is 3.63. The molecule has 0 aromatic rings. The normalized spacial score (nSPS) is 39.4. The summed E-state index contributed by atoms with van der Waals surface area (Å²) in [4.78, 5) is 10.7. The lowest BCUT2D eigenvalue weighted by Gasteiger charge is -2.39. The summed E-state index contributed by atoms with van der Waals surface area (Å²) in [6.07, 6.45) is -6.41. The minimum Gasteiger partial charge on any atom is -0.454 e. The summed E-state index contributed by atoms with van der Waals surface area (Å²) in [5, 5.41) is 37.3. The number of ether oxygens (including phenoxy) is 2. The molecule has 0 amide bonds. The van der Waals surface area contributed by atoms with Gasteiger partial charge in [-0.05, 0) is 6.42 Å². The molecule has 0 unspecified atom stereocenters. The Morgan fingerprint density at radius 2 is 1.94 bits per heavy atom. The highest BCUT2D eigenvalue weighted by atomic mass is 16.7. The summed E-state index contributed by atoms with van der Waals surface area (Å²) in [6, 6.07) is 0. The zero-order chi connectivity index (χ0) is 12.3. The van der Waals surface area contributed by atoms with Gasteiger partial charge in [-0.3, -0.25) is 4.79 Å². The van der Waals surface area contributed by atoms with Gasteiger partial charge in [0.15, 0.2) is 12.4 Å². The Labute approximate surface area is 92.2 Å². The van der Waals surface area contributed by atoms with Crippen LogP contribution in [0.5, 0.6) is 0 Å². The molecule has 5 atom stereocenters. The predicted octanol–water partition coefficient (Wildman–Crippen LogP) is -2.26. The molecule has 0 aliphatic carbocycles. The van der Waals surface area contributed by atoms with E-state index in [1.54, 1.807) is 0 Å². The third kappa shape index (κ3) is 2.89. The van der Waals surface area contributed by atoms with E-state index in [9.17, 15) is 20.1 Å². The van der Waals surface area contributed by atoms with Gasteiger partial charge in [0.1, 0.15) is 12.2 Å². The number of rotatable bonds is 3. The van der Waals surface area contributed by atoms with E-state index in [1.165, 1.54) is 0 Å². The number of aliphatic hydroxyl groups is 4. The highest BCUT2D eigenvalue weighted by Crippen LogP contribution is 2.23. The number of carbonyl (C=O) groups is 1. The van der Waals surface area contributed by atoms with E-state index in [1.807, 2.05) is 0 Å². The van der Waals surface area contributed by atoms with Crippen molar-refractivity contribution in [1.29, 1.82) is 0 Å². The first-order chi connectivity index (χ1) is 7.47. The van der Waals surface area contributed by atoms with Gasteiger partial charge in [0.05, 0.1) is 6.10 Å². The number of hydrogen-bond donors (Lipinski definition) is 4. The average Bonchev–Trinajstić information content (AvgIpc) is 2.21. The van der Waals surface area contributed by atoms with Gasteiger partial charge in [-0.1, -0.05) is 0 Å². The smallest absolute Gasteiger partial charge is 0.303 e. The molecular formula is C9H16O7. The van der Waals surface area contributed by atoms with Crippen LogP contribution in [0.15, 0.2) is 0 Å². The molecule has 0 bridgehead atoms. The number of esters is 1. The molecule has 1 rings (SSSR count). The van der Waals surface area contributed by atoms with Crippen molar-refractivity contribution in [3.63, 3.8) is 0 Å². The summed E-state index contributed by atoms with van der Waals surface area (Å²) >= 11 is 0. The van der Waals surface area contributed by atoms with Crippen molar-refractivity contribution in [3.05, 3.63) is 0 Å². The minimum atomic E-state index is -1.51. The SMILES string of the molecule is CC(=O)O[C@H]1[C@@H](O)[C@H](O)[C@@H](CCO)O[C@H]1O. The number of aliphatic hydroxyl groups excluding tert-OH is 4. The third-order valence-corrected chi connectivity index (χ3v) is 2.38. The van der Waals surface area contributed by atoms with Crippen LogP contribution in [-0.2, 0) is 14.3 Å². The standard InChI is InChI=1S/C9H16O7/c1-4(11)15-8-7(13)6(12)5(2-3-10)16-9(8)14/h5-10,12-14H,2-3H2,1H3/t5-,6-,7+,8+,9-/m1/s1. The summed E-state index contributed by atoms with van der Waals surface area (Å²) in [7, 11) is 0. The van der Waals surface area contributed by atoms with Crippen LogP contribution in [0.2, 0.25) is 0 Å². The fourth-order valence-electron chi connectivity index (χ4n) is 1.61. The maximum Gasteiger partial charge on any atom is 0.303 e. The fraction of sp³-hybridized carbons (Fsp3) is 0.889. The second-order valence-corrected chi connectivity index (χ2v) is 3.63. The fourth-order valence-corrected chi connectivity index (χ4v) is 1.61. The highest BCUT2D eigenvalue weighted by molar-refractivity contribution is 5.66. The van der Waals surface area contributed by atoms with Gasteiger partial charge >= 0.3 is 5.97 Å². The molecular weight excluding hydrogens is 220 g/mol. The third-order valence-electron chi connectivity index (χ3n) is 2.38. The first kappa shape index (κ1) is 13.3. The van der Waals surface area contributed by atoms with Gasteiger partial charge in [0.25, 0.3) is 0 Å². The molecule has 1 aliphatic heterocycles. The quantitative estimate of drug-likeness (QED) is 0.408. The van der Waals surface area contributed by atoms with Crippen molar-refractivity contribution in [2.45, 2.75) is 44.1 Å². The van der Waals surface area contributed by atoms with E-state index in [-0.39, 0.29) is 13.0 Å². The van der Waals surface area contributed by atoms with Crippen molar-refractivity contribution in [2.24, 2.45) is 0 Å². The van der Waals surface area contributed by atoms with Gasteiger partial charge in [-0.15, -0.1) is 0 Å². The predicted molar refractivity (Wildman–Crippen MR) is 50.2 cm³/mol. The Morgan fingerprint density at radius 1 is 1.31 bits per heavy atom. The molecule has 7 heteroatoms. The van der Waals surface area contributed by atoms with Crippen LogP contribution in [0.1, 0.15) is 13.3 Å². The molecule has 0 saturated carbocycles. The molecule has 1 saturated heterocycles. The summed E-state index contributed by atoms with van der Waals surface area (Å²) in [5.41, 5.74) is 0. The van der Waals surface area contributed by atoms with E-state index >= 15 is 0 Å². The topological polar surface area (TPSA) is 116 Å².